The quantitative estimate of drug-likeness (QED) is 0.806. The first kappa shape index (κ1) is 9.32. The molecule has 0 atom stereocenters. The van der Waals surface area contributed by atoms with Crippen LogP contribution >= 0.6 is 15.9 Å². The molecule has 0 amide bonds. The molecular formula is C8H10BrNO2. The van der Waals surface area contributed by atoms with Gasteiger partial charge in [0.1, 0.15) is 5.69 Å². The molecule has 3 nitrogen and oxygen atoms in total. The fraction of sp³-hybridized carbons (Fsp3) is 0.375. The number of nitrogens with zero attached hydrogens (tertiary/aromatic N) is 1. The Bertz CT molecular complexity index is 270. The minimum atomic E-state index is -0.866. The van der Waals surface area contributed by atoms with Crippen molar-refractivity contribution in [3.8, 4) is 0 Å². The van der Waals surface area contributed by atoms with Gasteiger partial charge in [-0.05, 0) is 18.6 Å². The number of carbonyl (C=O) groups is 1. The van der Waals surface area contributed by atoms with E-state index in [-0.39, 0.29) is 0 Å². The summed E-state index contributed by atoms with van der Waals surface area (Å²) in [6.07, 6.45) is 2.72. The van der Waals surface area contributed by atoms with Crippen molar-refractivity contribution in [1.29, 1.82) is 0 Å². The molecule has 0 unspecified atom stereocenters. The van der Waals surface area contributed by atoms with Crippen molar-refractivity contribution < 1.29 is 9.90 Å². The van der Waals surface area contributed by atoms with Crippen LogP contribution in [0.5, 0.6) is 0 Å². The molecule has 0 saturated heterocycles. The van der Waals surface area contributed by atoms with E-state index in [0.717, 1.165) is 18.3 Å². The summed E-state index contributed by atoms with van der Waals surface area (Å²) < 4.78 is 1.74. The van der Waals surface area contributed by atoms with Crippen molar-refractivity contribution in [2.24, 2.45) is 0 Å². The lowest BCUT2D eigenvalue weighted by Crippen LogP contribution is -2.07. The predicted octanol–water partition coefficient (Wildman–Crippen LogP) is 1.97. The summed E-state index contributed by atoms with van der Waals surface area (Å²) in [5, 5.41) is 9.61. The summed E-state index contributed by atoms with van der Waals surface area (Å²) in [7, 11) is 0. The molecular weight excluding hydrogens is 222 g/mol. The zero-order valence-corrected chi connectivity index (χ0v) is 8.12. The number of aryl methyl sites for hydroxylation is 1. The van der Waals surface area contributed by atoms with Crippen molar-refractivity contribution >= 4 is 21.9 Å². The average molecular weight is 232 g/mol. The zero-order chi connectivity index (χ0) is 8.97. The number of alkyl halides is 1. The number of carboxylic acid groups (broad SMARTS) is 1. The fourth-order valence-electron chi connectivity index (χ4n) is 1.03. The molecule has 1 rings (SSSR count). The van der Waals surface area contributed by atoms with Crippen LogP contribution in [0.3, 0.4) is 0 Å². The highest BCUT2D eigenvalue weighted by Crippen LogP contribution is 2.04. The van der Waals surface area contributed by atoms with Gasteiger partial charge in [-0.1, -0.05) is 15.9 Å². The Labute approximate surface area is 79.1 Å². The molecule has 4 heteroatoms. The molecule has 12 heavy (non-hydrogen) atoms. The number of hydrogen-bond acceptors (Lipinski definition) is 1. The Hall–Kier alpha value is -0.770. The summed E-state index contributed by atoms with van der Waals surface area (Å²) in [6, 6.07) is 3.36. The normalized spacial score (nSPS) is 10.1. The van der Waals surface area contributed by atoms with E-state index < -0.39 is 5.97 Å². The second-order valence-corrected chi connectivity index (χ2v) is 3.23. The topological polar surface area (TPSA) is 42.2 Å². The van der Waals surface area contributed by atoms with Gasteiger partial charge >= 0.3 is 5.97 Å². The summed E-state index contributed by atoms with van der Waals surface area (Å²) in [6.45, 7) is 0.750. The van der Waals surface area contributed by atoms with E-state index in [0.29, 0.717) is 5.69 Å². The minimum absolute atomic E-state index is 0.357. The SMILES string of the molecule is O=C(O)c1cccn1CCCBr. The second kappa shape index (κ2) is 4.30. The molecule has 0 aliphatic carbocycles. The van der Waals surface area contributed by atoms with Crippen LogP contribution in [-0.2, 0) is 6.54 Å². The van der Waals surface area contributed by atoms with E-state index in [1.165, 1.54) is 0 Å². The van der Waals surface area contributed by atoms with Gasteiger partial charge in [-0.3, -0.25) is 0 Å². The molecule has 0 spiro atoms. The largest absolute Gasteiger partial charge is 0.477 e. The van der Waals surface area contributed by atoms with Gasteiger partial charge < -0.3 is 9.67 Å². The Morgan fingerprint density at radius 2 is 2.42 bits per heavy atom. The lowest BCUT2D eigenvalue weighted by Gasteiger charge is -2.03. The van der Waals surface area contributed by atoms with Crippen LogP contribution < -0.4 is 0 Å². The van der Waals surface area contributed by atoms with Gasteiger partial charge in [-0.15, -0.1) is 0 Å². The summed E-state index contributed by atoms with van der Waals surface area (Å²) in [4.78, 5) is 10.6. The smallest absolute Gasteiger partial charge is 0.352 e. The lowest BCUT2D eigenvalue weighted by molar-refractivity contribution is 0.0685. The van der Waals surface area contributed by atoms with Crippen LogP contribution in [0.2, 0.25) is 0 Å². The second-order valence-electron chi connectivity index (χ2n) is 2.43. The standard InChI is InChI=1S/C8H10BrNO2/c9-4-2-6-10-5-1-3-7(10)8(11)12/h1,3,5H,2,4,6H2,(H,11,12). The van der Waals surface area contributed by atoms with Crippen LogP contribution in [-0.4, -0.2) is 21.0 Å². The van der Waals surface area contributed by atoms with E-state index in [1.54, 1.807) is 22.9 Å². The van der Waals surface area contributed by atoms with Gasteiger partial charge in [0.05, 0.1) is 0 Å². The Morgan fingerprint density at radius 1 is 1.67 bits per heavy atom. The Kier molecular flexibility index (Phi) is 3.34. The first-order chi connectivity index (χ1) is 5.75. The van der Waals surface area contributed by atoms with Crippen molar-refractivity contribution in [3.05, 3.63) is 24.0 Å². The maximum absolute atomic E-state index is 10.6. The van der Waals surface area contributed by atoms with Gasteiger partial charge in [0.2, 0.25) is 0 Å². The van der Waals surface area contributed by atoms with Gasteiger partial charge in [-0.25, -0.2) is 4.79 Å². The van der Waals surface area contributed by atoms with E-state index in [1.807, 2.05) is 0 Å². The summed E-state index contributed by atoms with van der Waals surface area (Å²) in [5.41, 5.74) is 0.357. The Balaban J connectivity index is 2.70. The fourth-order valence-corrected chi connectivity index (χ4v) is 1.28. The van der Waals surface area contributed by atoms with Crippen LogP contribution in [0.4, 0.5) is 0 Å². The number of hydrogen-bond donors (Lipinski definition) is 1. The van der Waals surface area contributed by atoms with Crippen LogP contribution in [0.1, 0.15) is 16.9 Å². The Morgan fingerprint density at radius 3 is 3.00 bits per heavy atom. The monoisotopic (exact) mass is 231 g/mol. The van der Waals surface area contributed by atoms with Gasteiger partial charge in [0.15, 0.2) is 0 Å². The molecule has 0 saturated carbocycles. The summed E-state index contributed by atoms with van der Waals surface area (Å²) >= 11 is 3.30. The third kappa shape index (κ3) is 2.11. The van der Waals surface area contributed by atoms with Gasteiger partial charge in [0, 0.05) is 18.1 Å². The molecule has 66 valence electrons. The highest BCUT2D eigenvalue weighted by molar-refractivity contribution is 9.09. The first-order valence-corrected chi connectivity index (χ1v) is 4.82. The molecule has 0 aliphatic heterocycles. The molecule has 0 aliphatic rings. The summed E-state index contributed by atoms with van der Waals surface area (Å²) in [5.74, 6) is -0.866. The number of rotatable bonds is 4. The third-order valence-electron chi connectivity index (χ3n) is 1.58. The van der Waals surface area contributed by atoms with Gasteiger partial charge in [-0.2, -0.15) is 0 Å². The van der Waals surface area contributed by atoms with Crippen molar-refractivity contribution in [1.82, 2.24) is 4.57 Å². The number of aromatic carboxylic acids is 1. The number of aromatic nitrogens is 1. The highest BCUT2D eigenvalue weighted by Gasteiger charge is 2.06. The molecule has 0 aromatic carbocycles. The molecule has 1 aromatic heterocycles. The van der Waals surface area contributed by atoms with Crippen LogP contribution in [0, 0.1) is 0 Å². The van der Waals surface area contributed by atoms with E-state index in [2.05, 4.69) is 15.9 Å². The average Bonchev–Trinajstić information content (AvgIpc) is 2.48. The van der Waals surface area contributed by atoms with Crippen LogP contribution in [0.25, 0.3) is 0 Å². The van der Waals surface area contributed by atoms with Crippen LogP contribution in [0.15, 0.2) is 18.3 Å². The van der Waals surface area contributed by atoms with Crippen molar-refractivity contribution in [2.75, 3.05) is 5.33 Å². The molecule has 0 bridgehead atoms. The zero-order valence-electron chi connectivity index (χ0n) is 6.53. The molecule has 1 heterocycles. The maximum atomic E-state index is 10.6. The highest BCUT2D eigenvalue weighted by atomic mass is 79.9. The predicted molar refractivity (Wildman–Crippen MR) is 49.8 cm³/mol. The molecule has 0 radical (unpaired) electrons. The third-order valence-corrected chi connectivity index (χ3v) is 2.14. The molecule has 0 fully saturated rings. The number of halogens is 1. The minimum Gasteiger partial charge on any atom is -0.477 e. The van der Waals surface area contributed by atoms with E-state index in [9.17, 15) is 4.79 Å². The van der Waals surface area contributed by atoms with E-state index in [4.69, 9.17) is 5.11 Å². The lowest BCUT2D eigenvalue weighted by atomic mass is 10.4. The van der Waals surface area contributed by atoms with Crippen molar-refractivity contribution in [2.45, 2.75) is 13.0 Å². The molecule has 1 N–H and O–H groups in total. The first-order valence-electron chi connectivity index (χ1n) is 3.70. The van der Waals surface area contributed by atoms with Crippen molar-refractivity contribution in [3.63, 3.8) is 0 Å². The maximum Gasteiger partial charge on any atom is 0.352 e. The number of carboxylic acids is 1. The molecule has 1 aromatic rings. The van der Waals surface area contributed by atoms with Gasteiger partial charge in [0.25, 0.3) is 0 Å². The van der Waals surface area contributed by atoms with E-state index >= 15 is 0 Å².